The monoisotopic (exact) mass is 1060 g/mol. The van der Waals surface area contributed by atoms with Gasteiger partial charge in [-0.1, -0.05) is 74.9 Å². The summed E-state index contributed by atoms with van der Waals surface area (Å²) in [6.45, 7) is 16.1. The molecule has 392 valence electrons. The minimum absolute atomic E-state index is 0.0366. The summed E-state index contributed by atoms with van der Waals surface area (Å²) < 4.78 is 25.1. The Morgan fingerprint density at radius 2 is 1.67 bits per heavy atom. The fourth-order valence-electron chi connectivity index (χ4n) is 9.32. The van der Waals surface area contributed by atoms with Gasteiger partial charge in [0.1, 0.15) is 41.2 Å². The molecule has 4 N–H and O–H groups in total. The molecule has 0 saturated carbocycles. The lowest BCUT2D eigenvalue weighted by Crippen LogP contribution is -2.60. The number of thiophene rings is 1. The van der Waals surface area contributed by atoms with Crippen molar-refractivity contribution in [3.8, 4) is 5.00 Å². The van der Waals surface area contributed by atoms with E-state index in [9.17, 15) is 24.3 Å². The van der Waals surface area contributed by atoms with Crippen LogP contribution in [-0.4, -0.2) is 148 Å². The Morgan fingerprint density at radius 3 is 2.34 bits per heavy atom. The number of hydrogen-bond acceptors (Lipinski definition) is 14. The average Bonchev–Trinajstić information content (AvgIpc) is 4.09. The van der Waals surface area contributed by atoms with Crippen LogP contribution in [0.4, 0.5) is 0 Å². The first kappa shape index (κ1) is 55.1. The molecule has 2 aromatic carbocycles. The maximum absolute atomic E-state index is 14.2. The fraction of sp³-hybridized carbons (Fsp3) is 0.500. The van der Waals surface area contributed by atoms with Gasteiger partial charge in [0, 0.05) is 59.1 Å². The highest BCUT2D eigenvalue weighted by atomic mass is 35.5. The second-order valence-corrected chi connectivity index (χ2v) is 20.6. The van der Waals surface area contributed by atoms with E-state index in [-0.39, 0.29) is 56.9 Å². The molecule has 7 rings (SSSR count). The van der Waals surface area contributed by atoms with Crippen molar-refractivity contribution in [2.45, 2.75) is 104 Å². The van der Waals surface area contributed by atoms with Crippen LogP contribution in [0.5, 0.6) is 0 Å². The van der Waals surface area contributed by atoms with Gasteiger partial charge in [0.05, 0.1) is 69.1 Å². The van der Waals surface area contributed by atoms with E-state index in [1.165, 1.54) is 15.3 Å². The summed E-state index contributed by atoms with van der Waals surface area (Å²) in [5.41, 5.74) is 5.30. The van der Waals surface area contributed by atoms with Crippen LogP contribution >= 0.6 is 35.2 Å². The molecule has 5 heterocycles. The summed E-state index contributed by atoms with van der Waals surface area (Å²) in [6, 6.07) is 12.5. The Balaban J connectivity index is 0.803. The maximum Gasteiger partial charge on any atom is 0.255 e. The number of β-amino-alcohol motifs (C(OH)–C–C–N with tert-alkyl or cyclic N) is 1. The molecule has 3 aliphatic rings. The third-order valence-electron chi connectivity index (χ3n) is 13.0. The van der Waals surface area contributed by atoms with Gasteiger partial charge in [-0.25, -0.2) is 0 Å². The number of amides is 4. The van der Waals surface area contributed by atoms with Crippen LogP contribution in [0.1, 0.15) is 102 Å². The normalized spacial score (nSPS) is 18.6. The Hall–Kier alpha value is -5.61. The molecule has 5 atom stereocenters. The fourth-order valence-corrected chi connectivity index (χ4v) is 10.9. The Bertz CT molecular complexity index is 2690. The maximum atomic E-state index is 14.2. The lowest BCUT2D eigenvalue weighted by atomic mass is 9.99. The SMILES string of the molecule is CCC(=CC(C)(NC=S)NC(=O)[C@@H]1C[C@@H](O)CN1C(=O)[C@H](C(C)C)N1Cc2ccccc2C1=O)OCCOCCOCCOCCNC(=O)C[C@@H]1N=C(c2ccc(Cl)cc2)c2c(sc(C)c2C)-n2c(C)nnc21. The molecule has 2 aromatic heterocycles. The van der Waals surface area contributed by atoms with Gasteiger partial charge in [-0.05, 0) is 69.0 Å². The molecular weight excluding hydrogens is 994 g/mol. The Morgan fingerprint density at radius 1 is 0.986 bits per heavy atom. The number of carbonyl (C=O) groups excluding carboxylic acids is 4. The molecule has 0 radical (unpaired) electrons. The molecular formula is C52H66ClN9O9S2. The number of ether oxygens (including phenoxy) is 4. The predicted octanol–water partition coefficient (Wildman–Crippen LogP) is 5.69. The van der Waals surface area contributed by atoms with Gasteiger partial charge in [-0.15, -0.1) is 21.5 Å². The van der Waals surface area contributed by atoms with Crippen LogP contribution in [0.3, 0.4) is 0 Å². The van der Waals surface area contributed by atoms with Crippen LogP contribution in [0.2, 0.25) is 5.02 Å². The first-order valence-electron chi connectivity index (χ1n) is 24.7. The van der Waals surface area contributed by atoms with Crippen molar-refractivity contribution < 1.29 is 43.2 Å². The first-order valence-corrected chi connectivity index (χ1v) is 26.3. The summed E-state index contributed by atoms with van der Waals surface area (Å²) in [6.07, 6.45) is 1.40. The van der Waals surface area contributed by atoms with E-state index in [4.69, 9.17) is 47.8 Å². The van der Waals surface area contributed by atoms with Gasteiger partial charge in [0.2, 0.25) is 17.7 Å². The molecule has 21 heteroatoms. The number of likely N-dealkylation sites (tertiary alicyclic amines) is 1. The van der Waals surface area contributed by atoms with Crippen molar-refractivity contribution in [2.75, 3.05) is 59.3 Å². The molecule has 0 aliphatic carbocycles. The predicted molar refractivity (Wildman–Crippen MR) is 282 cm³/mol. The number of fused-ring (bicyclic) bond motifs is 4. The van der Waals surface area contributed by atoms with E-state index in [1.807, 2.05) is 68.7 Å². The number of aliphatic imine (C=N–C) groups is 1. The molecule has 1 fully saturated rings. The number of aromatic nitrogens is 3. The first-order chi connectivity index (χ1) is 35.0. The number of nitrogens with zero attached hydrogens (tertiary/aromatic N) is 6. The zero-order chi connectivity index (χ0) is 52.4. The molecule has 18 nitrogen and oxygen atoms in total. The topological polar surface area (TPSA) is 211 Å². The van der Waals surface area contributed by atoms with Crippen LogP contribution < -0.4 is 16.0 Å². The van der Waals surface area contributed by atoms with Crippen LogP contribution in [0, 0.1) is 26.7 Å². The van der Waals surface area contributed by atoms with E-state index >= 15 is 0 Å². The van der Waals surface area contributed by atoms with Gasteiger partial charge >= 0.3 is 0 Å². The number of halogens is 1. The second-order valence-electron chi connectivity index (χ2n) is 18.7. The molecule has 0 spiro atoms. The van der Waals surface area contributed by atoms with E-state index in [0.717, 1.165) is 38.8 Å². The minimum Gasteiger partial charge on any atom is -0.496 e. The number of nitrogens with one attached hydrogen (secondary N) is 3. The Labute approximate surface area is 440 Å². The smallest absolute Gasteiger partial charge is 0.255 e. The van der Waals surface area contributed by atoms with Crippen molar-refractivity contribution in [2.24, 2.45) is 10.9 Å². The zero-order valence-electron chi connectivity index (χ0n) is 42.4. The largest absolute Gasteiger partial charge is 0.496 e. The lowest BCUT2D eigenvalue weighted by Gasteiger charge is -2.36. The van der Waals surface area contributed by atoms with E-state index in [1.54, 1.807) is 41.4 Å². The molecule has 1 unspecified atom stereocenters. The standard InChI is InChI=1S/C52H66ClN9O9S2/c1-8-39(27-52(7,55-30-72)57-48(65)42-25-38(63)29-60(42)50(67)46(31(2)3)61-28-36-11-9-10-12-40(36)49(61)66)71-24-23-70-22-21-69-20-19-68-18-17-54-43(64)26-41-47-59-58-34(6)62(47)51-44(32(4)33(5)73-51)45(56-41)35-13-15-37(53)16-14-35/h9-16,27,30-31,38,41-42,46,63H,8,17-26,28-29H2,1-7H3,(H,54,64)(H,55,72)(H,57,65)/t38-,41+,42+,46+,52?/m1/s1. The van der Waals surface area contributed by atoms with Crippen molar-refractivity contribution >= 4 is 70.0 Å². The number of aliphatic hydroxyl groups is 1. The molecule has 73 heavy (non-hydrogen) atoms. The third kappa shape index (κ3) is 13.2. The summed E-state index contributed by atoms with van der Waals surface area (Å²) >= 11 is 13.0. The molecule has 3 aliphatic heterocycles. The van der Waals surface area contributed by atoms with Crippen molar-refractivity contribution in [3.63, 3.8) is 0 Å². The number of hydrogen-bond donors (Lipinski definition) is 4. The summed E-state index contributed by atoms with van der Waals surface area (Å²) in [7, 11) is 0. The van der Waals surface area contributed by atoms with Gasteiger partial charge in [0.25, 0.3) is 5.91 Å². The molecule has 4 amide bonds. The van der Waals surface area contributed by atoms with Crippen molar-refractivity contribution in [1.29, 1.82) is 0 Å². The van der Waals surface area contributed by atoms with Crippen LogP contribution in [0.25, 0.3) is 5.00 Å². The average molecular weight is 1060 g/mol. The highest BCUT2D eigenvalue weighted by molar-refractivity contribution is 7.78. The van der Waals surface area contributed by atoms with Gasteiger partial charge in [-0.3, -0.25) is 28.7 Å². The minimum atomic E-state index is -1.21. The number of carbonyl (C=O) groups is 4. The molecule has 1 saturated heterocycles. The lowest BCUT2D eigenvalue weighted by molar-refractivity contribution is -0.143. The number of aryl methyl sites for hydroxylation is 2. The summed E-state index contributed by atoms with van der Waals surface area (Å²) in [5.74, 6) is 0.345. The second kappa shape index (κ2) is 25.1. The highest BCUT2D eigenvalue weighted by Crippen LogP contribution is 2.40. The Kier molecular flexibility index (Phi) is 18.9. The van der Waals surface area contributed by atoms with Crippen molar-refractivity contribution in [1.82, 2.24) is 40.5 Å². The third-order valence-corrected chi connectivity index (χ3v) is 14.6. The number of aliphatic hydroxyl groups excluding tert-OH is 1. The van der Waals surface area contributed by atoms with Crippen LogP contribution in [0.15, 0.2) is 65.4 Å². The van der Waals surface area contributed by atoms with Gasteiger partial charge in [0.15, 0.2) is 5.82 Å². The molecule has 0 bridgehead atoms. The number of benzene rings is 2. The quantitative estimate of drug-likeness (QED) is 0.0273. The van der Waals surface area contributed by atoms with E-state index in [2.05, 4.69) is 40.0 Å². The number of rotatable bonds is 25. The highest BCUT2D eigenvalue weighted by Gasteiger charge is 2.47. The zero-order valence-corrected chi connectivity index (χ0v) is 44.8. The van der Waals surface area contributed by atoms with Crippen molar-refractivity contribution in [3.05, 3.63) is 110 Å². The van der Waals surface area contributed by atoms with Gasteiger partial charge in [-0.2, -0.15) is 0 Å². The number of thiocarbonyl (C=S) groups is 1. The van der Waals surface area contributed by atoms with Crippen LogP contribution in [-0.2, 0) is 39.9 Å². The summed E-state index contributed by atoms with van der Waals surface area (Å²) in [5, 5.41) is 30.1. The van der Waals surface area contributed by atoms with E-state index in [0.29, 0.717) is 68.2 Å². The van der Waals surface area contributed by atoms with Gasteiger partial charge < -0.3 is 49.8 Å². The number of allylic oxidation sites excluding steroid dienone is 1. The van der Waals surface area contributed by atoms with E-state index < -0.39 is 41.7 Å². The summed E-state index contributed by atoms with van der Waals surface area (Å²) in [4.78, 5) is 64.2. The molecule has 4 aromatic rings.